The molecule has 0 radical (unpaired) electrons. The zero-order valence-corrected chi connectivity index (χ0v) is 10.6. The summed E-state index contributed by atoms with van der Waals surface area (Å²) in [7, 11) is 0. The fourth-order valence-corrected chi connectivity index (χ4v) is 1.90. The van der Waals surface area contributed by atoms with Gasteiger partial charge in [-0.05, 0) is 31.4 Å². The lowest BCUT2D eigenvalue weighted by Crippen LogP contribution is -2.36. The Morgan fingerprint density at radius 3 is 2.82 bits per heavy atom. The normalized spacial score (nSPS) is 16.6. The van der Waals surface area contributed by atoms with Crippen molar-refractivity contribution in [1.82, 2.24) is 9.88 Å². The summed E-state index contributed by atoms with van der Waals surface area (Å²) < 4.78 is 0. The lowest BCUT2D eigenvalue weighted by molar-refractivity contribution is -0.136. The SMILES string of the molecule is CCC(C)C(=O)N(Cc1ccccn1)C1CC1. The fourth-order valence-electron chi connectivity index (χ4n) is 1.90. The van der Waals surface area contributed by atoms with E-state index in [9.17, 15) is 4.79 Å². The number of pyridine rings is 1. The van der Waals surface area contributed by atoms with Crippen molar-refractivity contribution in [2.24, 2.45) is 5.92 Å². The largest absolute Gasteiger partial charge is 0.334 e. The highest BCUT2D eigenvalue weighted by Gasteiger charge is 2.34. The molecule has 1 aromatic rings. The molecule has 1 amide bonds. The van der Waals surface area contributed by atoms with Crippen LogP contribution in [0, 0.1) is 5.92 Å². The van der Waals surface area contributed by atoms with Gasteiger partial charge in [-0.1, -0.05) is 19.9 Å². The van der Waals surface area contributed by atoms with Gasteiger partial charge >= 0.3 is 0 Å². The Kier molecular flexibility index (Phi) is 3.77. The van der Waals surface area contributed by atoms with Gasteiger partial charge in [0.05, 0.1) is 12.2 Å². The molecule has 1 unspecified atom stereocenters. The first kappa shape index (κ1) is 12.1. The van der Waals surface area contributed by atoms with E-state index in [1.165, 1.54) is 0 Å². The summed E-state index contributed by atoms with van der Waals surface area (Å²) in [5, 5.41) is 0. The first-order valence-corrected chi connectivity index (χ1v) is 6.42. The molecule has 1 saturated carbocycles. The zero-order chi connectivity index (χ0) is 12.3. The molecule has 1 aliphatic rings. The first-order valence-electron chi connectivity index (χ1n) is 6.42. The second-order valence-corrected chi connectivity index (χ2v) is 4.83. The molecule has 0 spiro atoms. The highest BCUT2D eigenvalue weighted by Crippen LogP contribution is 2.29. The van der Waals surface area contributed by atoms with Gasteiger partial charge in [0.25, 0.3) is 0 Å². The monoisotopic (exact) mass is 232 g/mol. The van der Waals surface area contributed by atoms with Crippen LogP contribution < -0.4 is 0 Å². The van der Waals surface area contributed by atoms with Crippen LogP contribution in [0.2, 0.25) is 0 Å². The molecule has 92 valence electrons. The van der Waals surface area contributed by atoms with Gasteiger partial charge in [0, 0.05) is 18.2 Å². The number of hydrogen-bond acceptors (Lipinski definition) is 2. The predicted molar refractivity (Wildman–Crippen MR) is 67.3 cm³/mol. The molecule has 1 heterocycles. The molecule has 0 aliphatic heterocycles. The molecule has 17 heavy (non-hydrogen) atoms. The molecular weight excluding hydrogens is 212 g/mol. The van der Waals surface area contributed by atoms with E-state index in [1.807, 2.05) is 30.0 Å². The third-order valence-electron chi connectivity index (χ3n) is 3.36. The Balaban J connectivity index is 2.05. The van der Waals surface area contributed by atoms with E-state index in [-0.39, 0.29) is 11.8 Å². The van der Waals surface area contributed by atoms with E-state index in [0.717, 1.165) is 25.0 Å². The highest BCUT2D eigenvalue weighted by molar-refractivity contribution is 5.79. The van der Waals surface area contributed by atoms with Gasteiger partial charge < -0.3 is 4.90 Å². The average molecular weight is 232 g/mol. The van der Waals surface area contributed by atoms with E-state index in [0.29, 0.717) is 12.6 Å². The van der Waals surface area contributed by atoms with E-state index in [1.54, 1.807) is 6.20 Å². The topological polar surface area (TPSA) is 33.2 Å². The zero-order valence-electron chi connectivity index (χ0n) is 10.6. The Bertz CT molecular complexity index is 373. The van der Waals surface area contributed by atoms with Crippen molar-refractivity contribution in [3.05, 3.63) is 30.1 Å². The first-order chi connectivity index (χ1) is 8.22. The van der Waals surface area contributed by atoms with Gasteiger partial charge in [-0.25, -0.2) is 0 Å². The summed E-state index contributed by atoms with van der Waals surface area (Å²) in [5.74, 6) is 0.403. The van der Waals surface area contributed by atoms with Crippen LogP contribution in [-0.4, -0.2) is 21.8 Å². The standard InChI is InChI=1S/C14H20N2O/c1-3-11(2)14(17)16(13-7-8-13)10-12-6-4-5-9-15-12/h4-6,9,11,13H,3,7-8,10H2,1-2H3. The van der Waals surface area contributed by atoms with Crippen LogP contribution in [0.5, 0.6) is 0 Å². The number of nitrogens with zero attached hydrogens (tertiary/aromatic N) is 2. The van der Waals surface area contributed by atoms with Crippen molar-refractivity contribution in [2.45, 2.75) is 45.7 Å². The molecule has 0 aromatic carbocycles. The Hall–Kier alpha value is -1.38. The number of aromatic nitrogens is 1. The summed E-state index contributed by atoms with van der Waals surface area (Å²) in [6.45, 7) is 4.74. The van der Waals surface area contributed by atoms with Crippen LogP contribution >= 0.6 is 0 Å². The van der Waals surface area contributed by atoms with Gasteiger partial charge in [-0.15, -0.1) is 0 Å². The van der Waals surface area contributed by atoms with Crippen LogP contribution in [0.3, 0.4) is 0 Å². The molecule has 1 aliphatic carbocycles. The average Bonchev–Trinajstić information content (AvgIpc) is 3.19. The Morgan fingerprint density at radius 1 is 1.53 bits per heavy atom. The molecular formula is C14H20N2O. The molecule has 0 bridgehead atoms. The Labute approximate surface area is 103 Å². The summed E-state index contributed by atoms with van der Waals surface area (Å²) in [6, 6.07) is 6.32. The number of rotatable bonds is 5. The van der Waals surface area contributed by atoms with E-state index in [2.05, 4.69) is 11.9 Å². The number of hydrogen-bond donors (Lipinski definition) is 0. The predicted octanol–water partition coefficient (Wildman–Crippen LogP) is 2.62. The third kappa shape index (κ3) is 3.05. The number of carbonyl (C=O) groups is 1. The van der Waals surface area contributed by atoms with Crippen molar-refractivity contribution < 1.29 is 4.79 Å². The minimum Gasteiger partial charge on any atom is -0.334 e. The Morgan fingerprint density at radius 2 is 2.29 bits per heavy atom. The van der Waals surface area contributed by atoms with E-state index in [4.69, 9.17) is 0 Å². The van der Waals surface area contributed by atoms with Crippen LogP contribution in [0.15, 0.2) is 24.4 Å². The second kappa shape index (κ2) is 5.30. The van der Waals surface area contributed by atoms with Crippen LogP contribution in [0.1, 0.15) is 38.8 Å². The summed E-state index contributed by atoms with van der Waals surface area (Å²) in [6.07, 6.45) is 4.99. The van der Waals surface area contributed by atoms with Gasteiger partial charge in [-0.2, -0.15) is 0 Å². The lowest BCUT2D eigenvalue weighted by Gasteiger charge is -2.25. The van der Waals surface area contributed by atoms with Crippen molar-refractivity contribution in [2.75, 3.05) is 0 Å². The summed E-state index contributed by atoms with van der Waals surface area (Å²) in [4.78, 5) is 18.6. The lowest BCUT2D eigenvalue weighted by atomic mass is 10.1. The molecule has 1 aromatic heterocycles. The van der Waals surface area contributed by atoms with Crippen molar-refractivity contribution >= 4 is 5.91 Å². The minimum atomic E-state index is 0.124. The number of carbonyl (C=O) groups excluding carboxylic acids is 1. The molecule has 3 nitrogen and oxygen atoms in total. The fraction of sp³-hybridized carbons (Fsp3) is 0.571. The van der Waals surface area contributed by atoms with Crippen LogP contribution in [-0.2, 0) is 11.3 Å². The second-order valence-electron chi connectivity index (χ2n) is 4.83. The summed E-state index contributed by atoms with van der Waals surface area (Å²) in [5.41, 5.74) is 0.982. The maximum absolute atomic E-state index is 12.3. The quantitative estimate of drug-likeness (QED) is 0.782. The van der Waals surface area contributed by atoms with Gasteiger partial charge in [-0.3, -0.25) is 9.78 Å². The minimum absolute atomic E-state index is 0.124. The maximum Gasteiger partial charge on any atom is 0.225 e. The molecule has 3 heteroatoms. The molecule has 0 saturated heterocycles. The van der Waals surface area contributed by atoms with Crippen LogP contribution in [0.25, 0.3) is 0 Å². The molecule has 1 fully saturated rings. The summed E-state index contributed by atoms with van der Waals surface area (Å²) >= 11 is 0. The maximum atomic E-state index is 12.3. The van der Waals surface area contributed by atoms with E-state index >= 15 is 0 Å². The van der Waals surface area contributed by atoms with Crippen molar-refractivity contribution in [3.63, 3.8) is 0 Å². The smallest absolute Gasteiger partial charge is 0.225 e. The molecule has 1 atom stereocenters. The van der Waals surface area contributed by atoms with Gasteiger partial charge in [0.1, 0.15) is 0 Å². The van der Waals surface area contributed by atoms with Crippen molar-refractivity contribution in [1.29, 1.82) is 0 Å². The molecule has 2 rings (SSSR count). The molecule has 0 N–H and O–H groups in total. The third-order valence-corrected chi connectivity index (χ3v) is 3.36. The van der Waals surface area contributed by atoms with Crippen LogP contribution in [0.4, 0.5) is 0 Å². The number of amides is 1. The van der Waals surface area contributed by atoms with Crippen molar-refractivity contribution in [3.8, 4) is 0 Å². The van der Waals surface area contributed by atoms with E-state index < -0.39 is 0 Å². The van der Waals surface area contributed by atoms with Gasteiger partial charge in [0.2, 0.25) is 5.91 Å². The van der Waals surface area contributed by atoms with Gasteiger partial charge in [0.15, 0.2) is 0 Å². The highest BCUT2D eigenvalue weighted by atomic mass is 16.2.